The van der Waals surface area contributed by atoms with E-state index in [0.717, 1.165) is 30.9 Å². The molecule has 0 aromatic heterocycles. The van der Waals surface area contributed by atoms with E-state index in [0.29, 0.717) is 0 Å². The van der Waals surface area contributed by atoms with Gasteiger partial charge in [0, 0.05) is 25.3 Å². The lowest BCUT2D eigenvalue weighted by Gasteiger charge is -2.35. The largest absolute Gasteiger partial charge is 0.373 e. The molecular weight excluding hydrogens is 264 g/mol. The number of hydrogen-bond donors (Lipinski definition) is 1. The number of nitrogens with one attached hydrogen (secondary N) is 1. The first-order valence-corrected chi connectivity index (χ1v) is 7.28. The molecule has 0 aliphatic carbocycles. The topological polar surface area (TPSA) is 41.6 Å². The van der Waals surface area contributed by atoms with Gasteiger partial charge in [-0.2, -0.15) is 0 Å². The summed E-state index contributed by atoms with van der Waals surface area (Å²) in [7, 11) is 0. The molecule has 1 aliphatic heterocycles. The van der Waals surface area contributed by atoms with Crippen LogP contribution in [0, 0.1) is 11.8 Å². The number of benzene rings is 1. The van der Waals surface area contributed by atoms with Crippen molar-refractivity contribution in [2.75, 3.05) is 18.4 Å². The maximum atomic E-state index is 11.6. The Morgan fingerprint density at radius 1 is 1.33 bits per heavy atom. The summed E-state index contributed by atoms with van der Waals surface area (Å²) >= 11 is 0. The Labute approximate surface area is 126 Å². The van der Waals surface area contributed by atoms with Crippen LogP contribution in [-0.2, 0) is 16.1 Å². The van der Waals surface area contributed by atoms with E-state index in [4.69, 9.17) is 4.74 Å². The second-order valence-corrected chi connectivity index (χ2v) is 5.44. The number of anilines is 1. The van der Waals surface area contributed by atoms with Crippen LogP contribution in [0.4, 0.5) is 5.69 Å². The van der Waals surface area contributed by atoms with Crippen LogP contribution in [0.1, 0.15) is 26.3 Å². The average Bonchev–Trinajstić information content (AvgIpc) is 2.40. The number of ether oxygens (including phenoxy) is 1. The molecule has 2 atom stereocenters. The van der Waals surface area contributed by atoms with Crippen molar-refractivity contribution in [2.24, 2.45) is 0 Å². The van der Waals surface area contributed by atoms with Gasteiger partial charge in [-0.15, -0.1) is 0 Å². The lowest BCUT2D eigenvalue weighted by molar-refractivity contribution is -0.111. The Hall–Kier alpha value is -1.83. The third-order valence-electron chi connectivity index (χ3n) is 3.39. The molecule has 4 nitrogen and oxygen atoms in total. The summed E-state index contributed by atoms with van der Waals surface area (Å²) in [5.41, 5.74) is 1.93. The fourth-order valence-electron chi connectivity index (χ4n) is 2.70. The molecule has 2 rings (SSSR count). The normalized spacial score (nSPS) is 22.2. The highest BCUT2D eigenvalue weighted by molar-refractivity contribution is 6.04. The highest BCUT2D eigenvalue weighted by Gasteiger charge is 2.22. The van der Waals surface area contributed by atoms with Crippen LogP contribution in [0.2, 0.25) is 0 Å². The summed E-state index contributed by atoms with van der Waals surface area (Å²) in [6.07, 6.45) is 0.475. The smallest absolute Gasteiger partial charge is 0.300 e. The van der Waals surface area contributed by atoms with Gasteiger partial charge in [-0.25, -0.2) is 0 Å². The molecule has 0 radical (unpaired) electrons. The van der Waals surface area contributed by atoms with Crippen molar-refractivity contribution in [3.63, 3.8) is 0 Å². The predicted octanol–water partition coefficient (Wildman–Crippen LogP) is 2.26. The number of amides is 1. The predicted molar refractivity (Wildman–Crippen MR) is 83.8 cm³/mol. The van der Waals surface area contributed by atoms with E-state index in [2.05, 4.69) is 35.9 Å². The highest BCUT2D eigenvalue weighted by Crippen LogP contribution is 2.20. The van der Waals surface area contributed by atoms with Gasteiger partial charge < -0.3 is 10.1 Å². The average molecular weight is 286 g/mol. The van der Waals surface area contributed by atoms with Gasteiger partial charge in [0.25, 0.3) is 5.91 Å². The van der Waals surface area contributed by atoms with E-state index < -0.39 is 0 Å². The molecule has 1 heterocycles. The van der Waals surface area contributed by atoms with Gasteiger partial charge in [0.2, 0.25) is 0 Å². The van der Waals surface area contributed by atoms with Gasteiger partial charge in [0.05, 0.1) is 12.2 Å². The maximum absolute atomic E-state index is 11.6. The summed E-state index contributed by atoms with van der Waals surface area (Å²) < 4.78 is 5.75. The number of rotatable bonds is 3. The molecule has 0 spiro atoms. The number of carbonyl (C=O) groups is 1. The zero-order valence-corrected chi connectivity index (χ0v) is 12.8. The van der Waals surface area contributed by atoms with Crippen molar-refractivity contribution < 1.29 is 9.53 Å². The fourth-order valence-corrected chi connectivity index (χ4v) is 2.70. The SMILES string of the molecule is CC#CC(=O)Nc1ccccc1CN1CC(C)OC(C)C1. The van der Waals surface area contributed by atoms with Gasteiger partial charge in [-0.3, -0.25) is 9.69 Å². The fraction of sp³-hybridized carbons (Fsp3) is 0.471. The minimum absolute atomic E-state index is 0.237. The highest BCUT2D eigenvalue weighted by atomic mass is 16.5. The van der Waals surface area contributed by atoms with Gasteiger partial charge in [0.15, 0.2) is 0 Å². The van der Waals surface area contributed by atoms with Gasteiger partial charge in [-0.1, -0.05) is 24.1 Å². The van der Waals surface area contributed by atoms with Crippen molar-refractivity contribution in [1.29, 1.82) is 0 Å². The molecule has 0 bridgehead atoms. The molecule has 2 unspecified atom stereocenters. The summed E-state index contributed by atoms with van der Waals surface area (Å²) in [4.78, 5) is 14.0. The van der Waals surface area contributed by atoms with E-state index in [1.54, 1.807) is 6.92 Å². The molecule has 4 heteroatoms. The van der Waals surface area contributed by atoms with Crippen LogP contribution in [0.5, 0.6) is 0 Å². The first-order valence-electron chi connectivity index (χ1n) is 7.28. The Balaban J connectivity index is 2.08. The summed E-state index contributed by atoms with van der Waals surface area (Å²) in [6.45, 7) is 8.44. The van der Waals surface area contributed by atoms with Crippen molar-refractivity contribution in [2.45, 2.75) is 39.5 Å². The summed E-state index contributed by atoms with van der Waals surface area (Å²) in [5, 5.41) is 2.85. The lowest BCUT2D eigenvalue weighted by Crippen LogP contribution is -2.44. The minimum Gasteiger partial charge on any atom is -0.373 e. The van der Waals surface area contributed by atoms with E-state index in [1.165, 1.54) is 0 Å². The number of morpholine rings is 1. The van der Waals surface area contributed by atoms with Crippen LogP contribution in [0.25, 0.3) is 0 Å². The first-order chi connectivity index (χ1) is 10.1. The van der Waals surface area contributed by atoms with E-state index in [9.17, 15) is 4.79 Å². The van der Waals surface area contributed by atoms with Crippen LogP contribution in [-0.4, -0.2) is 36.1 Å². The van der Waals surface area contributed by atoms with Crippen LogP contribution in [0.15, 0.2) is 24.3 Å². The van der Waals surface area contributed by atoms with Gasteiger partial charge >= 0.3 is 0 Å². The first kappa shape index (κ1) is 15.6. The molecule has 1 N–H and O–H groups in total. The number of nitrogens with zero attached hydrogens (tertiary/aromatic N) is 1. The second kappa shape index (κ2) is 7.26. The minimum atomic E-state index is -0.270. The molecule has 1 aliphatic rings. The molecule has 1 aromatic carbocycles. The Morgan fingerprint density at radius 3 is 2.67 bits per heavy atom. The molecule has 1 saturated heterocycles. The molecule has 0 saturated carbocycles. The zero-order chi connectivity index (χ0) is 15.2. The standard InChI is InChI=1S/C17H22N2O2/c1-4-7-17(20)18-16-9-6-5-8-15(16)12-19-10-13(2)21-14(3)11-19/h5-6,8-9,13-14H,10-12H2,1-3H3,(H,18,20). The van der Waals surface area contributed by atoms with Crippen LogP contribution < -0.4 is 5.32 Å². The van der Waals surface area contributed by atoms with Gasteiger partial charge in [0.1, 0.15) is 0 Å². The maximum Gasteiger partial charge on any atom is 0.300 e. The molecular formula is C17H22N2O2. The Bertz CT molecular complexity index is 549. The molecule has 112 valence electrons. The third kappa shape index (κ3) is 4.59. The van der Waals surface area contributed by atoms with Crippen LogP contribution >= 0.6 is 0 Å². The summed E-state index contributed by atoms with van der Waals surface area (Å²) in [6, 6.07) is 7.87. The van der Waals surface area contributed by atoms with Crippen molar-refractivity contribution in [3.05, 3.63) is 29.8 Å². The van der Waals surface area contributed by atoms with Crippen molar-refractivity contribution in [3.8, 4) is 11.8 Å². The van der Waals surface area contributed by atoms with E-state index >= 15 is 0 Å². The monoisotopic (exact) mass is 286 g/mol. The number of para-hydroxylation sites is 1. The third-order valence-corrected chi connectivity index (χ3v) is 3.39. The molecule has 1 fully saturated rings. The molecule has 21 heavy (non-hydrogen) atoms. The van der Waals surface area contributed by atoms with Crippen LogP contribution in [0.3, 0.4) is 0 Å². The quantitative estimate of drug-likeness (QED) is 0.867. The van der Waals surface area contributed by atoms with E-state index in [-0.39, 0.29) is 18.1 Å². The Morgan fingerprint density at radius 2 is 2.00 bits per heavy atom. The number of hydrogen-bond acceptors (Lipinski definition) is 3. The van der Waals surface area contributed by atoms with Gasteiger partial charge in [-0.05, 0) is 38.3 Å². The van der Waals surface area contributed by atoms with E-state index in [1.807, 2.05) is 24.3 Å². The zero-order valence-electron chi connectivity index (χ0n) is 12.8. The van der Waals surface area contributed by atoms with Crippen molar-refractivity contribution >= 4 is 11.6 Å². The molecule has 1 aromatic rings. The summed E-state index contributed by atoms with van der Waals surface area (Å²) in [5.74, 6) is 4.85. The lowest BCUT2D eigenvalue weighted by atomic mass is 10.1. The second-order valence-electron chi connectivity index (χ2n) is 5.44. The number of carbonyl (C=O) groups excluding carboxylic acids is 1. The Kier molecular flexibility index (Phi) is 5.38. The molecule has 1 amide bonds. The van der Waals surface area contributed by atoms with Crippen molar-refractivity contribution in [1.82, 2.24) is 4.90 Å².